The minimum Gasteiger partial charge on any atom is -0.497 e. The van der Waals surface area contributed by atoms with Gasteiger partial charge < -0.3 is 10.5 Å². The van der Waals surface area contributed by atoms with Crippen molar-refractivity contribution in [2.24, 2.45) is 11.1 Å². The normalized spacial score (nSPS) is 13.2. The fourth-order valence-electron chi connectivity index (χ4n) is 4.93. The first-order chi connectivity index (χ1) is 17.4. The molecule has 0 aliphatic heterocycles. The molecule has 5 nitrogen and oxygen atoms in total. The quantitative estimate of drug-likeness (QED) is 0.335. The molecule has 2 amide bonds. The molecule has 0 saturated heterocycles. The molecule has 0 aromatic heterocycles. The number of halogens is 1. The molecule has 3 rings (SSSR count). The van der Waals surface area contributed by atoms with Crippen molar-refractivity contribution < 1.29 is 14.3 Å². The number of hydrogen-bond acceptors (Lipinski definition) is 3. The van der Waals surface area contributed by atoms with E-state index in [4.69, 9.17) is 22.1 Å². The van der Waals surface area contributed by atoms with E-state index < -0.39 is 16.9 Å². The van der Waals surface area contributed by atoms with E-state index in [1.165, 1.54) is 0 Å². The molecule has 1 unspecified atom stereocenters. The van der Waals surface area contributed by atoms with E-state index in [1.807, 2.05) is 69.3 Å². The van der Waals surface area contributed by atoms with Gasteiger partial charge in [-0.25, -0.2) is 0 Å². The summed E-state index contributed by atoms with van der Waals surface area (Å²) in [5.74, 6) is 0.244. The Hall–Kier alpha value is -3.31. The lowest BCUT2D eigenvalue weighted by molar-refractivity contribution is -0.133. The SMILES string of the molecule is COc1cccc(CCC(=O)N(c2ccc(C(C)C)cc2)C(C(N)=O)(c2ccc(Cl)cc2)C(C)(C)C)c1. The van der Waals surface area contributed by atoms with Crippen LogP contribution in [0.1, 0.15) is 63.6 Å². The highest BCUT2D eigenvalue weighted by Gasteiger charge is 2.55. The zero-order valence-electron chi connectivity index (χ0n) is 22.5. The van der Waals surface area contributed by atoms with E-state index in [9.17, 15) is 9.59 Å². The Morgan fingerprint density at radius 2 is 1.59 bits per heavy atom. The van der Waals surface area contributed by atoms with Crippen LogP contribution in [-0.2, 0) is 21.5 Å². The number of carbonyl (C=O) groups excluding carboxylic acids is 2. The second-order valence-electron chi connectivity index (χ2n) is 10.7. The number of hydrogen-bond donors (Lipinski definition) is 1. The minimum atomic E-state index is -1.47. The highest BCUT2D eigenvalue weighted by atomic mass is 35.5. The van der Waals surface area contributed by atoms with Gasteiger partial charge in [0.2, 0.25) is 11.8 Å². The van der Waals surface area contributed by atoms with Crippen molar-refractivity contribution >= 4 is 29.1 Å². The van der Waals surface area contributed by atoms with E-state index >= 15 is 0 Å². The van der Waals surface area contributed by atoms with Gasteiger partial charge in [-0.1, -0.05) is 82.6 Å². The maximum atomic E-state index is 14.2. The van der Waals surface area contributed by atoms with E-state index in [2.05, 4.69) is 13.8 Å². The fraction of sp³-hybridized carbons (Fsp3) is 0.355. The van der Waals surface area contributed by atoms with Gasteiger partial charge in [0.05, 0.1) is 7.11 Å². The zero-order valence-corrected chi connectivity index (χ0v) is 23.3. The van der Waals surface area contributed by atoms with Crippen molar-refractivity contribution in [3.8, 4) is 5.75 Å². The summed E-state index contributed by atoms with van der Waals surface area (Å²) in [6.07, 6.45) is 0.661. The number of aryl methyl sites for hydroxylation is 1. The van der Waals surface area contributed by atoms with Gasteiger partial charge in [0, 0.05) is 17.1 Å². The number of ether oxygens (including phenoxy) is 1. The fourth-order valence-corrected chi connectivity index (χ4v) is 5.06. The van der Waals surface area contributed by atoms with Crippen LogP contribution in [0.5, 0.6) is 5.75 Å². The number of benzene rings is 3. The van der Waals surface area contributed by atoms with Crippen molar-refractivity contribution in [2.45, 2.75) is 58.9 Å². The van der Waals surface area contributed by atoms with Crippen LogP contribution in [0.4, 0.5) is 5.69 Å². The summed E-state index contributed by atoms with van der Waals surface area (Å²) in [7, 11) is 1.61. The molecule has 0 bridgehead atoms. The third kappa shape index (κ3) is 5.83. The Bertz CT molecular complexity index is 1230. The van der Waals surface area contributed by atoms with Gasteiger partial charge in [0.1, 0.15) is 5.75 Å². The van der Waals surface area contributed by atoms with Crippen LogP contribution < -0.4 is 15.4 Å². The molecule has 0 aliphatic carbocycles. The van der Waals surface area contributed by atoms with E-state index in [1.54, 1.807) is 36.3 Å². The van der Waals surface area contributed by atoms with Crippen LogP contribution in [0.25, 0.3) is 0 Å². The number of rotatable bonds is 9. The maximum absolute atomic E-state index is 14.2. The van der Waals surface area contributed by atoms with Gasteiger partial charge in [0.25, 0.3) is 0 Å². The Morgan fingerprint density at radius 1 is 0.973 bits per heavy atom. The Kier molecular flexibility index (Phi) is 8.70. The number of primary amides is 1. The number of anilines is 1. The van der Waals surface area contributed by atoms with E-state index in [0.717, 1.165) is 16.9 Å². The number of amides is 2. The standard InChI is InChI=1S/C31H37ClN2O3/c1-21(2)23-11-17-26(18-12-23)34(28(35)19-10-22-8-7-9-27(20-22)37-6)31(29(33)36,30(3,4)5)24-13-15-25(32)16-14-24/h7-9,11-18,20-21H,10,19H2,1-6H3,(H2,33,36). The summed E-state index contributed by atoms with van der Waals surface area (Å²) in [6, 6.07) is 22.5. The highest BCUT2D eigenvalue weighted by Crippen LogP contribution is 2.47. The first-order valence-corrected chi connectivity index (χ1v) is 12.9. The summed E-state index contributed by atoms with van der Waals surface area (Å²) in [6.45, 7) is 10.0. The monoisotopic (exact) mass is 520 g/mol. The number of carbonyl (C=O) groups is 2. The lowest BCUT2D eigenvalue weighted by Crippen LogP contribution is -2.64. The molecule has 196 valence electrons. The second-order valence-corrected chi connectivity index (χ2v) is 11.1. The van der Waals surface area contributed by atoms with Gasteiger partial charge in [-0.3, -0.25) is 14.5 Å². The molecule has 0 spiro atoms. The van der Waals surface area contributed by atoms with Crippen LogP contribution in [-0.4, -0.2) is 18.9 Å². The average Bonchev–Trinajstić information content (AvgIpc) is 2.85. The average molecular weight is 521 g/mol. The summed E-state index contributed by atoms with van der Waals surface area (Å²) in [4.78, 5) is 29.4. The van der Waals surface area contributed by atoms with Crippen LogP contribution in [0, 0.1) is 5.41 Å². The van der Waals surface area contributed by atoms with Crippen molar-refractivity contribution in [3.63, 3.8) is 0 Å². The number of methoxy groups -OCH3 is 1. The Morgan fingerprint density at radius 3 is 2.11 bits per heavy atom. The molecular formula is C31H37ClN2O3. The number of nitrogens with zero attached hydrogens (tertiary/aromatic N) is 1. The molecule has 2 N–H and O–H groups in total. The summed E-state index contributed by atoms with van der Waals surface area (Å²) >= 11 is 6.20. The van der Waals surface area contributed by atoms with Crippen LogP contribution >= 0.6 is 11.6 Å². The zero-order chi connectivity index (χ0) is 27.4. The predicted molar refractivity (Wildman–Crippen MR) is 151 cm³/mol. The molecule has 6 heteroatoms. The molecule has 0 saturated carbocycles. The van der Waals surface area contributed by atoms with Gasteiger partial charge in [0.15, 0.2) is 5.54 Å². The first kappa shape index (κ1) is 28.3. The van der Waals surface area contributed by atoms with Crippen molar-refractivity contribution in [3.05, 3.63) is 94.5 Å². The lowest BCUT2D eigenvalue weighted by atomic mass is 9.67. The second kappa shape index (κ2) is 11.4. The molecule has 3 aromatic rings. The summed E-state index contributed by atoms with van der Waals surface area (Å²) in [5, 5.41) is 0.535. The predicted octanol–water partition coefficient (Wildman–Crippen LogP) is 6.86. The largest absolute Gasteiger partial charge is 0.497 e. The van der Waals surface area contributed by atoms with Gasteiger partial charge in [-0.2, -0.15) is 0 Å². The van der Waals surface area contributed by atoms with Gasteiger partial charge in [-0.15, -0.1) is 0 Å². The molecule has 1 atom stereocenters. The topological polar surface area (TPSA) is 72.6 Å². The van der Waals surface area contributed by atoms with Gasteiger partial charge >= 0.3 is 0 Å². The van der Waals surface area contributed by atoms with E-state index in [0.29, 0.717) is 28.6 Å². The first-order valence-electron chi connectivity index (χ1n) is 12.5. The molecule has 0 aliphatic rings. The third-order valence-corrected chi connectivity index (χ3v) is 7.12. The van der Waals surface area contributed by atoms with Crippen molar-refractivity contribution in [1.29, 1.82) is 0 Å². The van der Waals surface area contributed by atoms with Crippen molar-refractivity contribution in [2.75, 3.05) is 12.0 Å². The molecule has 0 fully saturated rings. The molecule has 37 heavy (non-hydrogen) atoms. The smallest absolute Gasteiger partial charge is 0.248 e. The lowest BCUT2D eigenvalue weighted by Gasteiger charge is -2.50. The number of nitrogens with two attached hydrogens (primary N) is 1. The molecule has 0 heterocycles. The Labute approximate surface area is 225 Å². The third-order valence-electron chi connectivity index (χ3n) is 6.87. The highest BCUT2D eigenvalue weighted by molar-refractivity contribution is 6.30. The van der Waals surface area contributed by atoms with Crippen LogP contribution in [0.15, 0.2) is 72.8 Å². The minimum absolute atomic E-state index is 0.178. The van der Waals surface area contributed by atoms with E-state index in [-0.39, 0.29) is 12.3 Å². The van der Waals surface area contributed by atoms with Crippen LogP contribution in [0.3, 0.4) is 0 Å². The van der Waals surface area contributed by atoms with Crippen LogP contribution in [0.2, 0.25) is 5.02 Å². The van der Waals surface area contributed by atoms with Gasteiger partial charge in [-0.05, 0) is 70.8 Å². The Balaban J connectivity index is 2.19. The summed E-state index contributed by atoms with van der Waals surface area (Å²) < 4.78 is 5.34. The maximum Gasteiger partial charge on any atom is 0.248 e. The molecular weight excluding hydrogens is 484 g/mol. The van der Waals surface area contributed by atoms with Crippen molar-refractivity contribution in [1.82, 2.24) is 0 Å². The molecule has 0 radical (unpaired) electrons. The summed E-state index contributed by atoms with van der Waals surface area (Å²) in [5.41, 5.74) is 7.35. The molecule has 3 aromatic carbocycles.